The molecule has 11 heteroatoms. The molecule has 0 atom stereocenters. The number of aromatic nitrogens is 1. The first kappa shape index (κ1) is 23.4. The van der Waals surface area contributed by atoms with Gasteiger partial charge in [-0.15, -0.1) is 11.8 Å². The Hall–Kier alpha value is -3.31. The summed E-state index contributed by atoms with van der Waals surface area (Å²) in [6, 6.07) is 14.4. The molecule has 2 amide bonds. The van der Waals surface area contributed by atoms with E-state index in [9.17, 15) is 18.0 Å². The Morgan fingerprint density at radius 2 is 1.50 bits per heavy atom. The summed E-state index contributed by atoms with van der Waals surface area (Å²) in [6.07, 6.45) is 0. The molecule has 9 nitrogen and oxygen atoms in total. The average Bonchev–Trinajstić information content (AvgIpc) is 3.14. The molecule has 0 aliphatic heterocycles. The number of sulfonamides is 1. The van der Waals surface area contributed by atoms with Gasteiger partial charge in [0.15, 0.2) is 5.82 Å². The molecule has 2 aromatic carbocycles. The zero-order valence-corrected chi connectivity index (χ0v) is 19.0. The van der Waals surface area contributed by atoms with Crippen LogP contribution in [0.25, 0.3) is 0 Å². The first-order valence-electron chi connectivity index (χ1n) is 9.51. The molecule has 168 valence electrons. The van der Waals surface area contributed by atoms with Crippen molar-refractivity contribution in [2.24, 2.45) is 0 Å². The van der Waals surface area contributed by atoms with Crippen LogP contribution in [-0.4, -0.2) is 36.9 Å². The molecule has 3 rings (SSSR count). The fourth-order valence-corrected chi connectivity index (χ4v) is 4.27. The number of nitrogens with one attached hydrogen (secondary N) is 3. The number of benzene rings is 2. The Morgan fingerprint density at radius 1 is 0.906 bits per heavy atom. The van der Waals surface area contributed by atoms with Gasteiger partial charge in [-0.2, -0.15) is 0 Å². The quantitative estimate of drug-likeness (QED) is 0.433. The van der Waals surface area contributed by atoms with Crippen molar-refractivity contribution in [2.75, 3.05) is 26.9 Å². The Bertz CT molecular complexity index is 1190. The largest absolute Gasteiger partial charge is 0.360 e. The van der Waals surface area contributed by atoms with Crippen LogP contribution in [0.1, 0.15) is 11.3 Å². The molecular formula is C21H22N4O5S2. The normalized spacial score (nSPS) is 11.1. The van der Waals surface area contributed by atoms with E-state index in [1.54, 1.807) is 49.4 Å². The number of thioether (sulfide) groups is 1. The van der Waals surface area contributed by atoms with Gasteiger partial charge in [0.25, 0.3) is 10.0 Å². The van der Waals surface area contributed by atoms with E-state index < -0.39 is 10.0 Å². The highest BCUT2D eigenvalue weighted by Crippen LogP contribution is 2.19. The van der Waals surface area contributed by atoms with E-state index in [0.29, 0.717) is 23.0 Å². The average molecular weight is 475 g/mol. The number of carbonyl (C=O) groups is 2. The van der Waals surface area contributed by atoms with Gasteiger partial charge in [0.2, 0.25) is 11.8 Å². The van der Waals surface area contributed by atoms with Crippen molar-refractivity contribution in [3.05, 3.63) is 65.9 Å². The zero-order valence-electron chi connectivity index (χ0n) is 17.4. The van der Waals surface area contributed by atoms with Crippen molar-refractivity contribution in [3.8, 4) is 0 Å². The number of rotatable bonds is 9. The molecule has 0 saturated heterocycles. The first-order chi connectivity index (χ1) is 15.2. The lowest BCUT2D eigenvalue weighted by Gasteiger charge is -2.10. The molecule has 1 aromatic heterocycles. The van der Waals surface area contributed by atoms with Gasteiger partial charge in [0.05, 0.1) is 16.4 Å². The second-order valence-corrected chi connectivity index (χ2v) is 9.58. The summed E-state index contributed by atoms with van der Waals surface area (Å²) in [5.41, 5.74) is 1.85. The maximum absolute atomic E-state index is 12.4. The number of carbonyl (C=O) groups excluding carboxylic acids is 2. The van der Waals surface area contributed by atoms with Crippen LogP contribution < -0.4 is 15.4 Å². The molecular weight excluding hydrogens is 452 g/mol. The van der Waals surface area contributed by atoms with Gasteiger partial charge in [0.1, 0.15) is 5.76 Å². The van der Waals surface area contributed by atoms with Gasteiger partial charge < -0.3 is 15.2 Å². The maximum Gasteiger partial charge on any atom is 0.261 e. The van der Waals surface area contributed by atoms with E-state index in [1.807, 2.05) is 6.92 Å². The molecule has 0 fully saturated rings. The van der Waals surface area contributed by atoms with E-state index >= 15 is 0 Å². The minimum atomic E-state index is -3.70. The molecule has 0 saturated carbocycles. The van der Waals surface area contributed by atoms with Crippen LogP contribution >= 0.6 is 11.8 Å². The predicted octanol–water partition coefficient (Wildman–Crippen LogP) is 3.40. The standard InChI is InChI=1S/C21H22N4O5S2/c1-14-3-9-18(10-4-14)32(28,29)25-17-7-5-16(6-8-17)22-20(26)12-31-13-21(27)23-19-11-15(2)30-24-19/h3-11,25H,12-13H2,1-2H3,(H,22,26)(H,23,24,27). The number of aryl methyl sites for hydroxylation is 2. The molecule has 0 unspecified atom stereocenters. The number of amides is 2. The van der Waals surface area contributed by atoms with Crippen molar-refractivity contribution >= 4 is 50.8 Å². The lowest BCUT2D eigenvalue weighted by Crippen LogP contribution is -2.18. The minimum absolute atomic E-state index is 0.0765. The number of hydrogen-bond acceptors (Lipinski definition) is 7. The van der Waals surface area contributed by atoms with E-state index in [4.69, 9.17) is 4.52 Å². The molecule has 0 bridgehead atoms. The highest BCUT2D eigenvalue weighted by molar-refractivity contribution is 8.00. The van der Waals surface area contributed by atoms with E-state index in [0.717, 1.165) is 17.3 Å². The molecule has 32 heavy (non-hydrogen) atoms. The smallest absolute Gasteiger partial charge is 0.261 e. The van der Waals surface area contributed by atoms with E-state index in [-0.39, 0.29) is 28.2 Å². The van der Waals surface area contributed by atoms with Gasteiger partial charge in [-0.25, -0.2) is 8.42 Å². The first-order valence-corrected chi connectivity index (χ1v) is 12.2. The van der Waals surface area contributed by atoms with Crippen LogP contribution in [0.3, 0.4) is 0 Å². The van der Waals surface area contributed by atoms with Crippen molar-refractivity contribution in [3.63, 3.8) is 0 Å². The van der Waals surface area contributed by atoms with Crippen molar-refractivity contribution in [2.45, 2.75) is 18.7 Å². The van der Waals surface area contributed by atoms with Crippen molar-refractivity contribution < 1.29 is 22.5 Å². The summed E-state index contributed by atoms with van der Waals surface area (Å²) in [4.78, 5) is 24.1. The SMILES string of the molecule is Cc1ccc(S(=O)(=O)Nc2ccc(NC(=O)CSCC(=O)Nc3cc(C)on3)cc2)cc1. The van der Waals surface area contributed by atoms with Gasteiger partial charge in [-0.1, -0.05) is 22.9 Å². The third kappa shape index (κ3) is 6.86. The van der Waals surface area contributed by atoms with Crippen LogP contribution in [0.2, 0.25) is 0 Å². The lowest BCUT2D eigenvalue weighted by atomic mass is 10.2. The van der Waals surface area contributed by atoms with E-state index in [1.165, 1.54) is 12.1 Å². The monoisotopic (exact) mass is 474 g/mol. The summed E-state index contributed by atoms with van der Waals surface area (Å²) < 4.78 is 32.2. The van der Waals surface area contributed by atoms with Crippen LogP contribution in [0, 0.1) is 13.8 Å². The van der Waals surface area contributed by atoms with E-state index in [2.05, 4.69) is 20.5 Å². The van der Waals surface area contributed by atoms with Gasteiger partial charge in [-0.3, -0.25) is 14.3 Å². The highest BCUT2D eigenvalue weighted by atomic mass is 32.2. The summed E-state index contributed by atoms with van der Waals surface area (Å²) in [5, 5.41) is 8.94. The molecule has 3 N–H and O–H groups in total. The second kappa shape index (κ2) is 10.3. The summed E-state index contributed by atoms with van der Waals surface area (Å²) in [6.45, 7) is 3.59. The second-order valence-electron chi connectivity index (χ2n) is 6.91. The summed E-state index contributed by atoms with van der Waals surface area (Å²) in [7, 11) is -3.70. The molecule has 0 aliphatic carbocycles. The van der Waals surface area contributed by atoms with Crippen LogP contribution in [0.4, 0.5) is 17.2 Å². The number of anilines is 3. The van der Waals surface area contributed by atoms with Crippen LogP contribution in [0.15, 0.2) is 64.0 Å². The molecule has 0 radical (unpaired) electrons. The Labute approximate surface area is 190 Å². The Balaban J connectivity index is 1.45. The lowest BCUT2D eigenvalue weighted by molar-refractivity contribution is -0.114. The topological polar surface area (TPSA) is 130 Å². The summed E-state index contributed by atoms with van der Waals surface area (Å²) in [5.74, 6) is 0.498. The molecule has 0 aliphatic rings. The van der Waals surface area contributed by atoms with Crippen molar-refractivity contribution in [1.82, 2.24) is 5.16 Å². The fourth-order valence-electron chi connectivity index (χ4n) is 2.59. The highest BCUT2D eigenvalue weighted by Gasteiger charge is 2.14. The number of hydrogen-bond donors (Lipinski definition) is 3. The minimum Gasteiger partial charge on any atom is -0.360 e. The zero-order chi connectivity index (χ0) is 23.1. The molecule has 1 heterocycles. The van der Waals surface area contributed by atoms with Gasteiger partial charge >= 0.3 is 0 Å². The van der Waals surface area contributed by atoms with Gasteiger partial charge in [-0.05, 0) is 50.2 Å². The molecule has 0 spiro atoms. The Kier molecular flexibility index (Phi) is 7.54. The summed E-state index contributed by atoms with van der Waals surface area (Å²) >= 11 is 1.15. The van der Waals surface area contributed by atoms with Crippen LogP contribution in [0.5, 0.6) is 0 Å². The Morgan fingerprint density at radius 3 is 2.09 bits per heavy atom. The third-order valence-corrected chi connectivity index (χ3v) is 6.44. The van der Waals surface area contributed by atoms with Crippen molar-refractivity contribution in [1.29, 1.82) is 0 Å². The number of nitrogens with zero attached hydrogens (tertiary/aromatic N) is 1. The third-order valence-electron chi connectivity index (χ3n) is 4.11. The molecule has 3 aromatic rings. The fraction of sp³-hybridized carbons (Fsp3) is 0.190. The van der Waals surface area contributed by atoms with Gasteiger partial charge in [0, 0.05) is 17.4 Å². The predicted molar refractivity (Wildman–Crippen MR) is 124 cm³/mol. The maximum atomic E-state index is 12.4. The van der Waals surface area contributed by atoms with Crippen LogP contribution in [-0.2, 0) is 19.6 Å².